The Kier molecular flexibility index (Phi) is 2.96. The van der Waals surface area contributed by atoms with Crippen LogP contribution in [0.2, 0.25) is 0 Å². The first-order chi connectivity index (χ1) is 7.59. The zero-order valence-corrected chi connectivity index (χ0v) is 10.4. The maximum atomic E-state index is 10.5. The van der Waals surface area contributed by atoms with Crippen LogP contribution in [0.1, 0.15) is 12.2 Å². The van der Waals surface area contributed by atoms with Gasteiger partial charge in [-0.2, -0.15) is 0 Å². The number of para-hydroxylation sites is 1. The summed E-state index contributed by atoms with van der Waals surface area (Å²) >= 11 is 3.46. The highest BCUT2D eigenvalue weighted by molar-refractivity contribution is 9.10. The molecule has 0 aliphatic heterocycles. The predicted molar refractivity (Wildman–Crippen MR) is 64.4 cm³/mol. The molecule has 4 nitrogen and oxygen atoms in total. The van der Waals surface area contributed by atoms with E-state index >= 15 is 0 Å². The number of imidazole rings is 1. The predicted octanol–water partition coefficient (Wildman–Crippen LogP) is 2.35. The van der Waals surface area contributed by atoms with Crippen LogP contribution in [-0.4, -0.2) is 20.6 Å². The van der Waals surface area contributed by atoms with E-state index in [0.29, 0.717) is 6.42 Å². The van der Waals surface area contributed by atoms with Crippen molar-refractivity contribution >= 4 is 32.9 Å². The maximum absolute atomic E-state index is 10.5. The van der Waals surface area contributed by atoms with Gasteiger partial charge in [0, 0.05) is 17.9 Å². The number of nitrogens with zero attached hydrogens (tertiary/aromatic N) is 2. The fourth-order valence-electron chi connectivity index (χ4n) is 1.71. The van der Waals surface area contributed by atoms with Gasteiger partial charge in [-0.05, 0) is 28.1 Å². The summed E-state index contributed by atoms with van der Waals surface area (Å²) in [5.74, 6) is -0.00424. The minimum Gasteiger partial charge on any atom is -0.481 e. The Bertz CT molecular complexity index is 548. The molecule has 16 heavy (non-hydrogen) atoms. The lowest BCUT2D eigenvalue weighted by Crippen LogP contribution is -2.03. The highest BCUT2D eigenvalue weighted by atomic mass is 79.9. The second kappa shape index (κ2) is 4.25. The fourth-order valence-corrected chi connectivity index (χ4v) is 2.33. The van der Waals surface area contributed by atoms with Crippen molar-refractivity contribution in [1.82, 2.24) is 9.55 Å². The van der Waals surface area contributed by atoms with Crippen LogP contribution in [-0.2, 0) is 18.3 Å². The smallest absolute Gasteiger partial charge is 0.303 e. The molecular formula is C11H11BrN2O2. The molecule has 2 rings (SSSR count). The number of benzene rings is 1. The molecule has 0 radical (unpaired) electrons. The zero-order valence-electron chi connectivity index (χ0n) is 8.77. The highest BCUT2D eigenvalue weighted by Crippen LogP contribution is 2.24. The van der Waals surface area contributed by atoms with Crippen molar-refractivity contribution in [2.24, 2.45) is 7.05 Å². The van der Waals surface area contributed by atoms with Gasteiger partial charge in [-0.1, -0.05) is 6.07 Å². The van der Waals surface area contributed by atoms with E-state index < -0.39 is 5.97 Å². The number of hydrogen-bond donors (Lipinski definition) is 1. The van der Waals surface area contributed by atoms with E-state index in [2.05, 4.69) is 20.9 Å². The fraction of sp³-hybridized carbons (Fsp3) is 0.273. The van der Waals surface area contributed by atoms with Gasteiger partial charge in [-0.15, -0.1) is 0 Å². The Morgan fingerprint density at radius 2 is 2.31 bits per heavy atom. The van der Waals surface area contributed by atoms with E-state index in [1.165, 1.54) is 0 Å². The summed E-state index contributed by atoms with van der Waals surface area (Å²) in [6, 6.07) is 5.79. The van der Waals surface area contributed by atoms with Crippen molar-refractivity contribution in [3.05, 3.63) is 28.5 Å². The lowest BCUT2D eigenvalue weighted by atomic mass is 10.3. The second-order valence-electron chi connectivity index (χ2n) is 3.59. The molecular weight excluding hydrogens is 272 g/mol. The number of aromatic nitrogens is 2. The minimum atomic E-state index is -0.800. The van der Waals surface area contributed by atoms with Crippen LogP contribution in [0.25, 0.3) is 11.0 Å². The molecule has 1 aromatic heterocycles. The van der Waals surface area contributed by atoms with Crippen molar-refractivity contribution in [3.63, 3.8) is 0 Å². The molecule has 0 amide bonds. The molecule has 0 fully saturated rings. The van der Waals surface area contributed by atoms with Crippen LogP contribution in [0, 0.1) is 0 Å². The second-order valence-corrected chi connectivity index (χ2v) is 4.44. The maximum Gasteiger partial charge on any atom is 0.303 e. The highest BCUT2D eigenvalue weighted by Gasteiger charge is 2.10. The number of aliphatic carboxylic acids is 1. The molecule has 0 bridgehead atoms. The molecule has 84 valence electrons. The molecule has 0 unspecified atom stereocenters. The van der Waals surface area contributed by atoms with Gasteiger partial charge in [-0.25, -0.2) is 4.98 Å². The zero-order chi connectivity index (χ0) is 11.7. The standard InChI is InChI=1S/C11H11BrN2O2/c1-14-9(5-6-10(15)16)13-8-4-2-3-7(12)11(8)14/h2-4H,5-6H2,1H3,(H,15,16). The van der Waals surface area contributed by atoms with Gasteiger partial charge >= 0.3 is 5.97 Å². The number of fused-ring (bicyclic) bond motifs is 1. The Labute approximate surface area is 101 Å². The SMILES string of the molecule is Cn1c(CCC(=O)O)nc2cccc(Br)c21. The van der Waals surface area contributed by atoms with E-state index in [9.17, 15) is 4.79 Å². The normalized spacial score (nSPS) is 10.9. The largest absolute Gasteiger partial charge is 0.481 e. The molecule has 0 atom stereocenters. The number of carboxylic acids is 1. The third-order valence-corrected chi connectivity index (χ3v) is 3.14. The minimum absolute atomic E-state index is 0.106. The number of hydrogen-bond acceptors (Lipinski definition) is 2. The number of carboxylic acid groups (broad SMARTS) is 1. The number of carbonyl (C=O) groups is 1. The first kappa shape index (κ1) is 11.1. The summed E-state index contributed by atoms with van der Waals surface area (Å²) in [5, 5.41) is 8.65. The number of halogens is 1. The van der Waals surface area contributed by atoms with Crippen molar-refractivity contribution in [2.45, 2.75) is 12.8 Å². The van der Waals surface area contributed by atoms with E-state index in [4.69, 9.17) is 5.11 Å². The number of aryl methyl sites for hydroxylation is 2. The lowest BCUT2D eigenvalue weighted by Gasteiger charge is -2.01. The van der Waals surface area contributed by atoms with Gasteiger partial charge in [0.2, 0.25) is 0 Å². The summed E-state index contributed by atoms with van der Waals surface area (Å²) in [4.78, 5) is 14.9. The molecule has 0 saturated heterocycles. The Morgan fingerprint density at radius 3 is 2.94 bits per heavy atom. The Hall–Kier alpha value is -1.36. The van der Waals surface area contributed by atoms with Crippen LogP contribution < -0.4 is 0 Å². The molecule has 1 aromatic carbocycles. The molecule has 1 N–H and O–H groups in total. The lowest BCUT2D eigenvalue weighted by molar-refractivity contribution is -0.137. The Balaban J connectivity index is 2.44. The van der Waals surface area contributed by atoms with Crippen LogP contribution in [0.5, 0.6) is 0 Å². The molecule has 2 aromatic rings. The van der Waals surface area contributed by atoms with Crippen molar-refractivity contribution < 1.29 is 9.90 Å². The van der Waals surface area contributed by atoms with Crippen LogP contribution in [0.15, 0.2) is 22.7 Å². The van der Waals surface area contributed by atoms with Gasteiger partial charge in [0.1, 0.15) is 5.82 Å². The molecule has 0 aliphatic carbocycles. The van der Waals surface area contributed by atoms with Gasteiger partial charge in [0.25, 0.3) is 0 Å². The van der Waals surface area contributed by atoms with Gasteiger partial charge in [0.15, 0.2) is 0 Å². The summed E-state index contributed by atoms with van der Waals surface area (Å²) < 4.78 is 2.91. The molecule has 0 saturated carbocycles. The molecule has 0 spiro atoms. The van der Waals surface area contributed by atoms with Crippen LogP contribution in [0.3, 0.4) is 0 Å². The molecule has 1 heterocycles. The first-order valence-electron chi connectivity index (χ1n) is 4.91. The Morgan fingerprint density at radius 1 is 1.56 bits per heavy atom. The van der Waals surface area contributed by atoms with Crippen LogP contribution in [0.4, 0.5) is 0 Å². The van der Waals surface area contributed by atoms with Crippen molar-refractivity contribution in [3.8, 4) is 0 Å². The summed E-state index contributed by atoms with van der Waals surface area (Å²) in [7, 11) is 1.90. The summed E-state index contributed by atoms with van der Waals surface area (Å²) in [6.45, 7) is 0. The van der Waals surface area contributed by atoms with E-state index in [-0.39, 0.29) is 6.42 Å². The third-order valence-electron chi connectivity index (χ3n) is 2.50. The molecule has 0 aliphatic rings. The van der Waals surface area contributed by atoms with Gasteiger partial charge in [0.05, 0.1) is 17.5 Å². The average molecular weight is 283 g/mol. The van der Waals surface area contributed by atoms with Crippen molar-refractivity contribution in [2.75, 3.05) is 0 Å². The van der Waals surface area contributed by atoms with Gasteiger partial charge < -0.3 is 9.67 Å². The summed E-state index contributed by atoms with van der Waals surface area (Å²) in [5.41, 5.74) is 1.89. The van der Waals surface area contributed by atoms with Crippen LogP contribution >= 0.6 is 15.9 Å². The topological polar surface area (TPSA) is 55.1 Å². The van der Waals surface area contributed by atoms with Gasteiger partial charge in [-0.3, -0.25) is 4.79 Å². The van der Waals surface area contributed by atoms with E-state index in [1.54, 1.807) is 0 Å². The average Bonchev–Trinajstić information content (AvgIpc) is 2.54. The summed E-state index contributed by atoms with van der Waals surface area (Å²) in [6.07, 6.45) is 0.557. The van der Waals surface area contributed by atoms with E-state index in [0.717, 1.165) is 21.3 Å². The first-order valence-corrected chi connectivity index (χ1v) is 5.70. The quantitative estimate of drug-likeness (QED) is 0.940. The van der Waals surface area contributed by atoms with Crippen molar-refractivity contribution in [1.29, 1.82) is 0 Å². The third kappa shape index (κ3) is 1.95. The number of rotatable bonds is 3. The monoisotopic (exact) mass is 282 g/mol. The van der Waals surface area contributed by atoms with E-state index in [1.807, 2.05) is 29.8 Å². The molecule has 5 heteroatoms.